The Morgan fingerprint density at radius 2 is 1.90 bits per heavy atom. The summed E-state index contributed by atoms with van der Waals surface area (Å²) in [5.74, 6) is 0.435. The van der Waals surface area contributed by atoms with Gasteiger partial charge in [-0.15, -0.1) is 5.10 Å². The number of nitriles is 1. The average molecular weight is 321 g/mol. The Labute approximate surface area is 133 Å². The number of nitrogens with zero attached hydrogens (tertiary/aromatic N) is 3. The smallest absolute Gasteiger partial charge is 0.171 e. The molecule has 2 rings (SSSR count). The van der Waals surface area contributed by atoms with Crippen LogP contribution in [0.3, 0.4) is 0 Å². The molecular weight excluding hydrogens is 307 g/mol. The van der Waals surface area contributed by atoms with Gasteiger partial charge in [-0.25, -0.2) is 0 Å². The SMILES string of the molecule is CCc1nnc(Nc2ccc(Cl)c(Cl)c2)c(C#N)c1CC. The van der Waals surface area contributed by atoms with E-state index >= 15 is 0 Å². The molecule has 0 saturated heterocycles. The van der Waals surface area contributed by atoms with Gasteiger partial charge in [-0.1, -0.05) is 37.0 Å². The number of aryl methyl sites for hydroxylation is 1. The van der Waals surface area contributed by atoms with Gasteiger partial charge in [0, 0.05) is 5.69 Å². The fourth-order valence-corrected chi connectivity index (χ4v) is 2.39. The summed E-state index contributed by atoms with van der Waals surface area (Å²) in [6, 6.07) is 7.36. The zero-order valence-electron chi connectivity index (χ0n) is 11.7. The van der Waals surface area contributed by atoms with E-state index in [1.54, 1.807) is 18.2 Å². The van der Waals surface area contributed by atoms with Crippen molar-refractivity contribution >= 4 is 34.7 Å². The van der Waals surface area contributed by atoms with Gasteiger partial charge in [-0.2, -0.15) is 10.4 Å². The summed E-state index contributed by atoms with van der Waals surface area (Å²) in [6.45, 7) is 4.00. The van der Waals surface area contributed by atoms with Gasteiger partial charge in [0.2, 0.25) is 0 Å². The van der Waals surface area contributed by atoms with E-state index in [1.807, 2.05) is 13.8 Å². The van der Waals surface area contributed by atoms with Crippen LogP contribution in [0.5, 0.6) is 0 Å². The van der Waals surface area contributed by atoms with Crippen molar-refractivity contribution in [2.75, 3.05) is 5.32 Å². The Hall–Kier alpha value is -1.83. The van der Waals surface area contributed by atoms with Crippen molar-refractivity contribution in [2.24, 2.45) is 0 Å². The summed E-state index contributed by atoms with van der Waals surface area (Å²) in [5, 5.41) is 21.7. The highest BCUT2D eigenvalue weighted by Crippen LogP contribution is 2.28. The Kier molecular flexibility index (Phi) is 5.00. The van der Waals surface area contributed by atoms with Gasteiger partial charge >= 0.3 is 0 Å². The van der Waals surface area contributed by atoms with E-state index in [-0.39, 0.29) is 0 Å². The predicted molar refractivity (Wildman–Crippen MR) is 85.2 cm³/mol. The first-order chi connectivity index (χ1) is 10.1. The van der Waals surface area contributed by atoms with Gasteiger partial charge in [0.25, 0.3) is 0 Å². The van der Waals surface area contributed by atoms with Crippen LogP contribution in [0.4, 0.5) is 11.5 Å². The van der Waals surface area contributed by atoms with Crippen LogP contribution in [0.25, 0.3) is 0 Å². The van der Waals surface area contributed by atoms with Crippen LogP contribution in [0.15, 0.2) is 18.2 Å². The summed E-state index contributed by atoms with van der Waals surface area (Å²) >= 11 is 11.9. The summed E-state index contributed by atoms with van der Waals surface area (Å²) in [5.41, 5.74) is 3.02. The van der Waals surface area contributed by atoms with Crippen molar-refractivity contribution in [3.05, 3.63) is 45.1 Å². The zero-order valence-corrected chi connectivity index (χ0v) is 13.3. The van der Waals surface area contributed by atoms with Crippen LogP contribution in [0.1, 0.15) is 30.7 Å². The molecule has 0 fully saturated rings. The molecule has 6 heteroatoms. The maximum absolute atomic E-state index is 9.42. The van der Waals surface area contributed by atoms with Crippen LogP contribution in [0, 0.1) is 11.3 Å². The van der Waals surface area contributed by atoms with E-state index < -0.39 is 0 Å². The van der Waals surface area contributed by atoms with E-state index in [0.29, 0.717) is 27.1 Å². The lowest BCUT2D eigenvalue weighted by Crippen LogP contribution is -2.07. The Morgan fingerprint density at radius 3 is 2.48 bits per heavy atom. The summed E-state index contributed by atoms with van der Waals surface area (Å²) in [6.07, 6.45) is 1.48. The maximum Gasteiger partial charge on any atom is 0.171 e. The van der Waals surface area contributed by atoms with E-state index in [2.05, 4.69) is 21.6 Å². The Morgan fingerprint density at radius 1 is 1.14 bits per heavy atom. The van der Waals surface area contributed by atoms with Crippen molar-refractivity contribution in [3.8, 4) is 6.07 Å². The minimum absolute atomic E-state index is 0.435. The first kappa shape index (κ1) is 15.6. The molecule has 0 aliphatic heterocycles. The van der Waals surface area contributed by atoms with Crippen molar-refractivity contribution in [2.45, 2.75) is 26.7 Å². The molecule has 21 heavy (non-hydrogen) atoms. The molecule has 108 valence electrons. The van der Waals surface area contributed by atoms with E-state index in [4.69, 9.17) is 23.2 Å². The van der Waals surface area contributed by atoms with Gasteiger partial charge in [0.1, 0.15) is 11.6 Å². The molecule has 1 N–H and O–H groups in total. The number of nitrogens with one attached hydrogen (secondary N) is 1. The lowest BCUT2D eigenvalue weighted by atomic mass is 10.0. The van der Waals surface area contributed by atoms with Crippen LogP contribution < -0.4 is 5.32 Å². The summed E-state index contributed by atoms with van der Waals surface area (Å²) in [4.78, 5) is 0. The Bertz CT molecular complexity index is 708. The van der Waals surface area contributed by atoms with Gasteiger partial charge in [-0.3, -0.25) is 0 Å². The number of anilines is 2. The molecule has 0 radical (unpaired) electrons. The first-order valence-electron chi connectivity index (χ1n) is 6.61. The minimum Gasteiger partial charge on any atom is -0.338 e. The molecule has 1 aromatic heterocycles. The van der Waals surface area contributed by atoms with Gasteiger partial charge in [0.05, 0.1) is 15.7 Å². The first-order valence-corrected chi connectivity index (χ1v) is 7.36. The molecular formula is C15H14Cl2N4. The molecule has 4 nitrogen and oxygen atoms in total. The number of rotatable bonds is 4. The number of halogens is 2. The lowest BCUT2D eigenvalue weighted by molar-refractivity contribution is 0.877. The van der Waals surface area contributed by atoms with Gasteiger partial charge in [-0.05, 0) is 36.6 Å². The fourth-order valence-electron chi connectivity index (χ4n) is 2.09. The number of benzene rings is 1. The molecule has 0 amide bonds. The number of hydrogen-bond acceptors (Lipinski definition) is 4. The lowest BCUT2D eigenvalue weighted by Gasteiger charge is -2.12. The molecule has 0 unspecified atom stereocenters. The van der Waals surface area contributed by atoms with Crippen LogP contribution in [-0.2, 0) is 12.8 Å². The van der Waals surface area contributed by atoms with Gasteiger partial charge < -0.3 is 5.32 Å². The van der Waals surface area contributed by atoms with Crippen LogP contribution in [0.2, 0.25) is 10.0 Å². The van der Waals surface area contributed by atoms with Gasteiger partial charge in [0.15, 0.2) is 5.82 Å². The highest BCUT2D eigenvalue weighted by molar-refractivity contribution is 6.42. The van der Waals surface area contributed by atoms with E-state index in [9.17, 15) is 5.26 Å². The molecule has 1 heterocycles. The van der Waals surface area contributed by atoms with Crippen molar-refractivity contribution < 1.29 is 0 Å². The van der Waals surface area contributed by atoms with Crippen molar-refractivity contribution in [1.82, 2.24) is 10.2 Å². The average Bonchev–Trinajstić information content (AvgIpc) is 2.50. The quantitative estimate of drug-likeness (QED) is 0.899. The van der Waals surface area contributed by atoms with Crippen LogP contribution >= 0.6 is 23.2 Å². The van der Waals surface area contributed by atoms with E-state index in [0.717, 1.165) is 24.1 Å². The maximum atomic E-state index is 9.42. The molecule has 0 saturated carbocycles. The molecule has 0 aliphatic rings. The monoisotopic (exact) mass is 320 g/mol. The Balaban J connectivity index is 2.44. The highest BCUT2D eigenvalue weighted by Gasteiger charge is 2.14. The van der Waals surface area contributed by atoms with Crippen molar-refractivity contribution in [3.63, 3.8) is 0 Å². The third kappa shape index (κ3) is 3.26. The number of hydrogen-bond donors (Lipinski definition) is 1. The number of aromatic nitrogens is 2. The summed E-state index contributed by atoms with van der Waals surface area (Å²) < 4.78 is 0. The molecule has 1 aromatic carbocycles. The second kappa shape index (κ2) is 6.75. The standard InChI is InChI=1S/C15H14Cl2N4/c1-3-10-11(8-18)15(21-20-14(10)4-2)19-9-5-6-12(16)13(17)7-9/h5-7H,3-4H2,1-2H3,(H,19,21). The third-order valence-corrected chi connectivity index (χ3v) is 3.88. The zero-order chi connectivity index (χ0) is 15.4. The van der Waals surface area contributed by atoms with Crippen LogP contribution in [-0.4, -0.2) is 10.2 Å². The largest absolute Gasteiger partial charge is 0.338 e. The molecule has 2 aromatic rings. The molecule has 0 aliphatic carbocycles. The second-order valence-corrected chi connectivity index (χ2v) is 5.24. The topological polar surface area (TPSA) is 61.6 Å². The summed E-state index contributed by atoms with van der Waals surface area (Å²) in [7, 11) is 0. The minimum atomic E-state index is 0.435. The van der Waals surface area contributed by atoms with Crippen molar-refractivity contribution in [1.29, 1.82) is 5.26 Å². The predicted octanol–water partition coefficient (Wildman–Crippen LogP) is 4.52. The fraction of sp³-hybridized carbons (Fsp3) is 0.267. The molecule has 0 atom stereocenters. The van der Waals surface area contributed by atoms with E-state index in [1.165, 1.54) is 0 Å². The highest BCUT2D eigenvalue weighted by atomic mass is 35.5. The molecule has 0 spiro atoms. The third-order valence-electron chi connectivity index (χ3n) is 3.14. The molecule has 0 bridgehead atoms. The second-order valence-electron chi connectivity index (χ2n) is 4.42. The normalized spacial score (nSPS) is 10.2.